The number of amides is 1. The molecular formula is C16H20ClN3OS. The third-order valence-electron chi connectivity index (χ3n) is 3.26. The molecule has 1 unspecified atom stereocenters. The molecule has 0 fully saturated rings. The lowest BCUT2D eigenvalue weighted by Crippen LogP contribution is -2.26. The number of aromatic nitrogens is 1. The minimum absolute atomic E-state index is 0.0805. The molecule has 22 heavy (non-hydrogen) atoms. The first-order chi connectivity index (χ1) is 10.6. The van der Waals surface area contributed by atoms with Crippen LogP contribution in [0.3, 0.4) is 0 Å². The lowest BCUT2D eigenvalue weighted by Gasteiger charge is -2.06. The van der Waals surface area contributed by atoms with Crippen molar-refractivity contribution in [1.82, 2.24) is 10.3 Å². The highest BCUT2D eigenvalue weighted by molar-refractivity contribution is 7.09. The lowest BCUT2D eigenvalue weighted by molar-refractivity contribution is 0.0949. The second kappa shape index (κ2) is 8.27. The van der Waals surface area contributed by atoms with Gasteiger partial charge < -0.3 is 11.1 Å². The molecule has 1 atom stereocenters. The Balaban J connectivity index is 1.85. The van der Waals surface area contributed by atoms with E-state index in [4.69, 9.17) is 17.3 Å². The number of halogens is 1. The number of hydrogen-bond acceptors (Lipinski definition) is 4. The molecule has 0 saturated carbocycles. The predicted molar refractivity (Wildman–Crippen MR) is 91.4 cm³/mol. The summed E-state index contributed by atoms with van der Waals surface area (Å²) in [6.07, 6.45) is 2.61. The summed E-state index contributed by atoms with van der Waals surface area (Å²) in [6.45, 7) is 2.63. The lowest BCUT2D eigenvalue weighted by atomic mass is 10.1. The predicted octanol–water partition coefficient (Wildman–Crippen LogP) is 3.57. The van der Waals surface area contributed by atoms with Crippen molar-refractivity contribution < 1.29 is 4.79 Å². The minimum Gasteiger partial charge on any atom is -0.350 e. The number of nitrogens with two attached hydrogens (primary N) is 1. The minimum atomic E-state index is -0.159. The third-order valence-corrected chi connectivity index (χ3v) is 4.47. The molecule has 1 heterocycles. The average Bonchev–Trinajstić information content (AvgIpc) is 2.97. The normalized spacial score (nSPS) is 12.1. The zero-order valence-corrected chi connectivity index (χ0v) is 14.1. The summed E-state index contributed by atoms with van der Waals surface area (Å²) in [4.78, 5) is 16.4. The first-order valence-electron chi connectivity index (χ1n) is 7.33. The van der Waals surface area contributed by atoms with Crippen molar-refractivity contribution in [3.05, 3.63) is 50.9 Å². The second-order valence-electron chi connectivity index (χ2n) is 5.10. The van der Waals surface area contributed by atoms with E-state index in [0.717, 1.165) is 29.8 Å². The molecule has 6 heteroatoms. The summed E-state index contributed by atoms with van der Waals surface area (Å²) < 4.78 is 0. The smallest absolute Gasteiger partial charge is 0.270 e. The van der Waals surface area contributed by atoms with Gasteiger partial charge in [0.1, 0.15) is 10.7 Å². The van der Waals surface area contributed by atoms with Gasteiger partial charge in [0.25, 0.3) is 5.91 Å². The van der Waals surface area contributed by atoms with Gasteiger partial charge in [-0.05, 0) is 30.5 Å². The molecule has 0 aliphatic rings. The Morgan fingerprint density at radius 1 is 1.50 bits per heavy atom. The van der Waals surface area contributed by atoms with Gasteiger partial charge in [-0.3, -0.25) is 4.79 Å². The molecule has 1 amide bonds. The van der Waals surface area contributed by atoms with Crippen LogP contribution in [0.25, 0.3) is 0 Å². The van der Waals surface area contributed by atoms with Crippen LogP contribution >= 0.6 is 22.9 Å². The second-order valence-corrected chi connectivity index (χ2v) is 6.43. The zero-order chi connectivity index (χ0) is 15.9. The Morgan fingerprint density at radius 2 is 2.32 bits per heavy atom. The number of carbonyl (C=O) groups excluding carboxylic acids is 1. The topological polar surface area (TPSA) is 68.0 Å². The molecule has 0 aliphatic carbocycles. The first kappa shape index (κ1) is 16.9. The molecule has 2 rings (SSSR count). The summed E-state index contributed by atoms with van der Waals surface area (Å²) in [5.41, 5.74) is 7.55. The van der Waals surface area contributed by atoms with E-state index < -0.39 is 0 Å². The summed E-state index contributed by atoms with van der Waals surface area (Å²) in [5.74, 6) is -0.159. The SMILES string of the molecule is CCCC(N)c1nc(C(=O)NCCc2cccc(Cl)c2)cs1. The van der Waals surface area contributed by atoms with Gasteiger partial charge >= 0.3 is 0 Å². The van der Waals surface area contributed by atoms with Crippen molar-refractivity contribution in [2.45, 2.75) is 32.2 Å². The number of carbonyl (C=O) groups is 1. The zero-order valence-electron chi connectivity index (χ0n) is 12.5. The van der Waals surface area contributed by atoms with Crippen molar-refractivity contribution in [2.24, 2.45) is 5.73 Å². The van der Waals surface area contributed by atoms with E-state index in [2.05, 4.69) is 17.2 Å². The van der Waals surface area contributed by atoms with Gasteiger partial charge in [-0.1, -0.05) is 37.1 Å². The number of thiazole rings is 1. The molecular weight excluding hydrogens is 318 g/mol. The van der Waals surface area contributed by atoms with E-state index >= 15 is 0 Å². The van der Waals surface area contributed by atoms with E-state index in [0.29, 0.717) is 17.3 Å². The van der Waals surface area contributed by atoms with Crippen molar-refractivity contribution in [3.63, 3.8) is 0 Å². The maximum atomic E-state index is 12.1. The van der Waals surface area contributed by atoms with Crippen LogP contribution in [-0.4, -0.2) is 17.4 Å². The Morgan fingerprint density at radius 3 is 3.05 bits per heavy atom. The number of nitrogens with zero attached hydrogens (tertiary/aromatic N) is 1. The molecule has 0 aliphatic heterocycles. The van der Waals surface area contributed by atoms with Crippen LogP contribution in [0.1, 0.15) is 46.9 Å². The molecule has 0 radical (unpaired) electrons. The standard InChI is InChI=1S/C16H20ClN3OS/c1-2-4-13(18)16-20-14(10-22-16)15(21)19-8-7-11-5-3-6-12(17)9-11/h3,5-6,9-10,13H,2,4,7-8,18H2,1H3,(H,19,21). The van der Waals surface area contributed by atoms with Crippen molar-refractivity contribution in [1.29, 1.82) is 0 Å². The van der Waals surface area contributed by atoms with Crippen LogP contribution in [0.15, 0.2) is 29.6 Å². The van der Waals surface area contributed by atoms with Crippen molar-refractivity contribution in [3.8, 4) is 0 Å². The summed E-state index contributed by atoms with van der Waals surface area (Å²) in [5, 5.41) is 6.16. The largest absolute Gasteiger partial charge is 0.350 e. The fourth-order valence-corrected chi connectivity index (χ4v) is 3.15. The quantitative estimate of drug-likeness (QED) is 0.811. The molecule has 4 nitrogen and oxygen atoms in total. The van der Waals surface area contributed by atoms with Crippen LogP contribution in [0.5, 0.6) is 0 Å². The van der Waals surface area contributed by atoms with Gasteiger partial charge in [-0.15, -0.1) is 11.3 Å². The molecule has 3 N–H and O–H groups in total. The van der Waals surface area contributed by atoms with Gasteiger partial charge in [0.05, 0.1) is 6.04 Å². The Bertz CT molecular complexity index is 629. The number of rotatable bonds is 7. The van der Waals surface area contributed by atoms with E-state index in [9.17, 15) is 4.79 Å². The Kier molecular flexibility index (Phi) is 6.36. The van der Waals surface area contributed by atoms with Gasteiger partial charge in [0.2, 0.25) is 0 Å². The highest BCUT2D eigenvalue weighted by Crippen LogP contribution is 2.20. The van der Waals surface area contributed by atoms with Gasteiger partial charge in [0, 0.05) is 16.9 Å². The van der Waals surface area contributed by atoms with E-state index in [1.165, 1.54) is 11.3 Å². The summed E-state index contributed by atoms with van der Waals surface area (Å²) in [7, 11) is 0. The molecule has 1 aromatic heterocycles. The van der Waals surface area contributed by atoms with Crippen LogP contribution < -0.4 is 11.1 Å². The van der Waals surface area contributed by atoms with Crippen LogP contribution in [0.4, 0.5) is 0 Å². The molecule has 1 aromatic carbocycles. The van der Waals surface area contributed by atoms with Gasteiger partial charge in [-0.2, -0.15) is 0 Å². The number of benzene rings is 1. The monoisotopic (exact) mass is 337 g/mol. The fraction of sp³-hybridized carbons (Fsp3) is 0.375. The van der Waals surface area contributed by atoms with Crippen molar-refractivity contribution >= 4 is 28.8 Å². The molecule has 118 valence electrons. The maximum absolute atomic E-state index is 12.1. The molecule has 0 bridgehead atoms. The fourth-order valence-electron chi connectivity index (χ4n) is 2.10. The molecule has 2 aromatic rings. The van der Waals surface area contributed by atoms with E-state index in [1.54, 1.807) is 5.38 Å². The van der Waals surface area contributed by atoms with E-state index in [-0.39, 0.29) is 11.9 Å². The first-order valence-corrected chi connectivity index (χ1v) is 8.59. The Hall–Kier alpha value is -1.43. The molecule has 0 spiro atoms. The maximum Gasteiger partial charge on any atom is 0.270 e. The van der Waals surface area contributed by atoms with Crippen molar-refractivity contribution in [2.75, 3.05) is 6.54 Å². The number of hydrogen-bond donors (Lipinski definition) is 2. The van der Waals surface area contributed by atoms with Gasteiger partial charge in [-0.25, -0.2) is 4.98 Å². The third kappa shape index (κ3) is 4.80. The van der Waals surface area contributed by atoms with Crippen LogP contribution in [0.2, 0.25) is 5.02 Å². The van der Waals surface area contributed by atoms with Gasteiger partial charge in [0.15, 0.2) is 0 Å². The Labute approximate surface area is 139 Å². The average molecular weight is 338 g/mol. The van der Waals surface area contributed by atoms with E-state index in [1.807, 2.05) is 24.3 Å². The van der Waals surface area contributed by atoms with Crippen LogP contribution in [-0.2, 0) is 6.42 Å². The number of nitrogens with one attached hydrogen (secondary N) is 1. The highest BCUT2D eigenvalue weighted by Gasteiger charge is 2.14. The summed E-state index contributed by atoms with van der Waals surface area (Å²) >= 11 is 7.38. The van der Waals surface area contributed by atoms with Crippen LogP contribution in [0, 0.1) is 0 Å². The molecule has 0 saturated heterocycles. The highest BCUT2D eigenvalue weighted by atomic mass is 35.5. The summed E-state index contributed by atoms with van der Waals surface area (Å²) in [6, 6.07) is 7.55.